The lowest BCUT2D eigenvalue weighted by atomic mass is 9.65. The number of likely N-dealkylation sites (tertiary alicyclic amines) is 1. The molecule has 1 unspecified atom stereocenters. The Hall–Kier alpha value is -1.40. The van der Waals surface area contributed by atoms with Crippen molar-refractivity contribution < 1.29 is 14.6 Å². The first-order chi connectivity index (χ1) is 12.1. The van der Waals surface area contributed by atoms with Crippen molar-refractivity contribution >= 4 is 5.91 Å². The molecule has 1 aromatic heterocycles. The SMILES string of the molecule is CCOCCC1(C(=O)N2CCC(C(O)c3nccn3C)CC2)CCC1. The lowest BCUT2D eigenvalue weighted by Crippen LogP contribution is -2.51. The second-order valence-corrected chi connectivity index (χ2v) is 7.55. The molecule has 0 bridgehead atoms. The van der Waals surface area contributed by atoms with Gasteiger partial charge in [-0.15, -0.1) is 0 Å². The fourth-order valence-electron chi connectivity index (χ4n) is 4.21. The van der Waals surface area contributed by atoms with Crippen LogP contribution in [0.25, 0.3) is 0 Å². The van der Waals surface area contributed by atoms with Crippen LogP contribution in [0.15, 0.2) is 12.4 Å². The summed E-state index contributed by atoms with van der Waals surface area (Å²) >= 11 is 0. The molecule has 25 heavy (non-hydrogen) atoms. The van der Waals surface area contributed by atoms with E-state index in [9.17, 15) is 9.90 Å². The van der Waals surface area contributed by atoms with Crippen LogP contribution in [0.1, 0.15) is 57.4 Å². The molecule has 2 aliphatic rings. The van der Waals surface area contributed by atoms with Gasteiger partial charge in [-0.25, -0.2) is 4.98 Å². The van der Waals surface area contributed by atoms with Crippen LogP contribution in [0.4, 0.5) is 0 Å². The van der Waals surface area contributed by atoms with Crippen molar-refractivity contribution in [2.45, 2.75) is 51.6 Å². The first-order valence-corrected chi connectivity index (χ1v) is 9.60. The average molecular weight is 349 g/mol. The van der Waals surface area contributed by atoms with Gasteiger partial charge < -0.3 is 19.3 Å². The number of aryl methyl sites for hydroxylation is 1. The molecule has 0 aromatic carbocycles. The van der Waals surface area contributed by atoms with Crippen molar-refractivity contribution in [2.24, 2.45) is 18.4 Å². The molecule has 1 saturated carbocycles. The quantitative estimate of drug-likeness (QED) is 0.767. The number of aromatic nitrogens is 2. The van der Waals surface area contributed by atoms with Crippen LogP contribution >= 0.6 is 0 Å². The molecular formula is C19H31N3O3. The molecule has 1 saturated heterocycles. The summed E-state index contributed by atoms with van der Waals surface area (Å²) in [5.74, 6) is 1.20. The summed E-state index contributed by atoms with van der Waals surface area (Å²) in [6.07, 6.45) is 8.67. The molecule has 2 fully saturated rings. The fraction of sp³-hybridized carbons (Fsp3) is 0.789. The van der Waals surface area contributed by atoms with E-state index in [1.165, 1.54) is 0 Å². The Morgan fingerprint density at radius 2 is 2.16 bits per heavy atom. The van der Waals surface area contributed by atoms with E-state index in [1.807, 2.05) is 29.6 Å². The van der Waals surface area contributed by atoms with Crippen LogP contribution in [0.2, 0.25) is 0 Å². The van der Waals surface area contributed by atoms with E-state index in [4.69, 9.17) is 4.74 Å². The van der Waals surface area contributed by atoms with E-state index < -0.39 is 6.10 Å². The second-order valence-electron chi connectivity index (χ2n) is 7.55. The number of aliphatic hydroxyl groups excluding tert-OH is 1. The maximum absolute atomic E-state index is 13.0. The summed E-state index contributed by atoms with van der Waals surface area (Å²) < 4.78 is 7.36. The number of amides is 1. The first-order valence-electron chi connectivity index (χ1n) is 9.60. The molecule has 6 nitrogen and oxygen atoms in total. The van der Waals surface area contributed by atoms with Gasteiger partial charge >= 0.3 is 0 Å². The molecule has 1 atom stereocenters. The topological polar surface area (TPSA) is 67.6 Å². The van der Waals surface area contributed by atoms with Gasteiger partial charge in [0, 0.05) is 45.7 Å². The number of ether oxygens (including phenoxy) is 1. The Morgan fingerprint density at radius 3 is 2.68 bits per heavy atom. The van der Waals surface area contributed by atoms with Crippen molar-refractivity contribution in [2.75, 3.05) is 26.3 Å². The van der Waals surface area contributed by atoms with Crippen LogP contribution < -0.4 is 0 Å². The summed E-state index contributed by atoms with van der Waals surface area (Å²) in [6, 6.07) is 0. The van der Waals surface area contributed by atoms with Gasteiger partial charge in [-0.3, -0.25) is 4.79 Å². The molecule has 0 radical (unpaired) electrons. The molecule has 140 valence electrons. The monoisotopic (exact) mass is 349 g/mol. The zero-order valence-corrected chi connectivity index (χ0v) is 15.5. The smallest absolute Gasteiger partial charge is 0.228 e. The van der Waals surface area contributed by atoms with E-state index >= 15 is 0 Å². The van der Waals surface area contributed by atoms with E-state index in [0.29, 0.717) is 19.1 Å². The van der Waals surface area contributed by atoms with Crippen molar-refractivity contribution in [3.63, 3.8) is 0 Å². The normalized spacial score (nSPS) is 21.8. The standard InChI is InChI=1S/C19H31N3O3/c1-3-25-14-9-19(7-4-8-19)18(24)22-11-5-15(6-12-22)16(23)17-20-10-13-21(17)2/h10,13,15-16,23H,3-9,11-12,14H2,1-2H3. The average Bonchev–Trinajstić information content (AvgIpc) is 3.02. The van der Waals surface area contributed by atoms with Gasteiger partial charge in [0.25, 0.3) is 0 Å². The lowest BCUT2D eigenvalue weighted by molar-refractivity contribution is -0.151. The maximum Gasteiger partial charge on any atom is 0.228 e. The number of aliphatic hydroxyl groups is 1. The molecule has 1 aromatic rings. The summed E-state index contributed by atoms with van der Waals surface area (Å²) in [4.78, 5) is 19.3. The highest BCUT2D eigenvalue weighted by Crippen LogP contribution is 2.46. The Balaban J connectivity index is 1.54. The van der Waals surface area contributed by atoms with Gasteiger partial charge in [0.15, 0.2) is 0 Å². The highest BCUT2D eigenvalue weighted by atomic mass is 16.5. The molecule has 1 aliphatic heterocycles. The molecule has 2 heterocycles. The molecule has 1 amide bonds. The summed E-state index contributed by atoms with van der Waals surface area (Å²) in [6.45, 7) is 4.85. The van der Waals surface area contributed by atoms with Crippen LogP contribution in [0.5, 0.6) is 0 Å². The molecule has 6 heteroatoms. The third kappa shape index (κ3) is 3.75. The largest absolute Gasteiger partial charge is 0.385 e. The van der Waals surface area contributed by atoms with E-state index in [2.05, 4.69) is 4.98 Å². The highest BCUT2D eigenvalue weighted by molar-refractivity contribution is 5.83. The number of imidazole rings is 1. The van der Waals surface area contributed by atoms with Gasteiger partial charge in [-0.05, 0) is 44.9 Å². The van der Waals surface area contributed by atoms with Gasteiger partial charge in [-0.1, -0.05) is 6.42 Å². The number of hydrogen-bond acceptors (Lipinski definition) is 4. The minimum Gasteiger partial charge on any atom is -0.385 e. The van der Waals surface area contributed by atoms with Crippen molar-refractivity contribution in [3.05, 3.63) is 18.2 Å². The van der Waals surface area contributed by atoms with Crippen LogP contribution in [0.3, 0.4) is 0 Å². The van der Waals surface area contributed by atoms with Gasteiger partial charge in [0.2, 0.25) is 5.91 Å². The molecule has 0 spiro atoms. The number of rotatable bonds is 7. The Bertz CT molecular complexity index is 574. The lowest BCUT2D eigenvalue weighted by Gasteiger charge is -2.45. The third-order valence-electron chi connectivity index (χ3n) is 6.09. The number of nitrogens with zero attached hydrogens (tertiary/aromatic N) is 3. The van der Waals surface area contributed by atoms with Crippen molar-refractivity contribution in [3.8, 4) is 0 Å². The van der Waals surface area contributed by atoms with Crippen LogP contribution in [-0.2, 0) is 16.6 Å². The third-order valence-corrected chi connectivity index (χ3v) is 6.09. The Kier molecular flexibility index (Phi) is 5.79. The summed E-state index contributed by atoms with van der Waals surface area (Å²) in [5.41, 5.74) is -0.180. The van der Waals surface area contributed by atoms with Crippen molar-refractivity contribution in [1.82, 2.24) is 14.5 Å². The number of piperidine rings is 1. The van der Waals surface area contributed by atoms with Crippen LogP contribution in [-0.4, -0.2) is 51.8 Å². The maximum atomic E-state index is 13.0. The summed E-state index contributed by atoms with van der Waals surface area (Å²) in [7, 11) is 1.91. The fourth-order valence-corrected chi connectivity index (χ4v) is 4.21. The minimum absolute atomic E-state index is 0.172. The van der Waals surface area contributed by atoms with Crippen LogP contribution in [0, 0.1) is 11.3 Å². The zero-order valence-electron chi connectivity index (χ0n) is 15.5. The Labute approximate surface area is 150 Å². The van der Waals surface area contributed by atoms with E-state index in [-0.39, 0.29) is 11.3 Å². The number of carbonyl (C=O) groups is 1. The molecular weight excluding hydrogens is 318 g/mol. The predicted molar refractivity (Wildman–Crippen MR) is 94.9 cm³/mol. The number of hydrogen-bond donors (Lipinski definition) is 1. The van der Waals surface area contributed by atoms with Gasteiger partial charge in [-0.2, -0.15) is 0 Å². The predicted octanol–water partition coefficient (Wildman–Crippen LogP) is 2.29. The number of carbonyl (C=O) groups excluding carboxylic acids is 1. The zero-order chi connectivity index (χ0) is 17.9. The Morgan fingerprint density at radius 1 is 1.44 bits per heavy atom. The second kappa shape index (κ2) is 7.87. The molecule has 1 N–H and O–H groups in total. The van der Waals surface area contributed by atoms with Gasteiger partial charge in [0.1, 0.15) is 11.9 Å². The first kappa shape index (κ1) is 18.4. The highest BCUT2D eigenvalue weighted by Gasteiger charge is 2.46. The van der Waals surface area contributed by atoms with Gasteiger partial charge in [0.05, 0.1) is 5.41 Å². The van der Waals surface area contributed by atoms with E-state index in [1.54, 1.807) is 6.20 Å². The molecule has 1 aliphatic carbocycles. The molecule has 3 rings (SSSR count). The van der Waals surface area contributed by atoms with E-state index in [0.717, 1.165) is 57.4 Å². The minimum atomic E-state index is -0.548. The van der Waals surface area contributed by atoms with Crippen molar-refractivity contribution in [1.29, 1.82) is 0 Å². The summed E-state index contributed by atoms with van der Waals surface area (Å²) in [5, 5.41) is 10.6.